The van der Waals surface area contributed by atoms with Crippen molar-refractivity contribution in [3.63, 3.8) is 0 Å². The highest BCUT2D eigenvalue weighted by atomic mass is 16.5. The van der Waals surface area contributed by atoms with Gasteiger partial charge in [0.2, 0.25) is 5.91 Å². The van der Waals surface area contributed by atoms with Gasteiger partial charge in [0.05, 0.1) is 40.9 Å². The van der Waals surface area contributed by atoms with Gasteiger partial charge in [-0.1, -0.05) is 66.7 Å². The van der Waals surface area contributed by atoms with Crippen molar-refractivity contribution in [3.05, 3.63) is 48.6 Å². The molecule has 6 saturated carbocycles. The van der Waals surface area contributed by atoms with Gasteiger partial charge in [-0.25, -0.2) is 4.98 Å². The number of hydrogen-bond donors (Lipinski definition) is 2. The summed E-state index contributed by atoms with van der Waals surface area (Å²) in [5, 5.41) is 9.70. The molecule has 0 aromatic carbocycles. The fraction of sp³-hybridized carbons (Fsp3) is 0.740. The molecule has 320 valence electrons. The molecule has 2 N–H and O–H groups in total. The van der Waals surface area contributed by atoms with Gasteiger partial charge in [-0.05, 0) is 154 Å². The number of ether oxygens (including phenoxy) is 1. The Hall–Kier alpha value is -3.49. The van der Waals surface area contributed by atoms with Gasteiger partial charge in [-0.2, -0.15) is 0 Å². The van der Waals surface area contributed by atoms with E-state index in [1.807, 2.05) is 38.2 Å². The number of rotatable bonds is 7. The Morgan fingerprint density at radius 1 is 0.847 bits per heavy atom. The Balaban J connectivity index is 0.968. The number of carbonyl (C=O) groups is 3. The molecule has 9 rings (SSSR count). The van der Waals surface area contributed by atoms with E-state index in [9.17, 15) is 14.7 Å². The number of imidazole rings is 1. The molecule has 2 aromatic heterocycles. The van der Waals surface area contributed by atoms with Crippen LogP contribution < -0.4 is 0 Å². The minimum atomic E-state index is -0.818. The lowest BCUT2D eigenvalue weighted by atomic mass is 9.32. The van der Waals surface area contributed by atoms with E-state index in [2.05, 4.69) is 63.0 Å². The molecule has 0 spiro atoms. The van der Waals surface area contributed by atoms with E-state index in [4.69, 9.17) is 9.72 Å². The number of pyridine rings is 1. The molecule has 13 atom stereocenters. The van der Waals surface area contributed by atoms with Crippen molar-refractivity contribution in [2.75, 3.05) is 6.54 Å². The van der Waals surface area contributed by atoms with Gasteiger partial charge in [0, 0.05) is 18.2 Å². The van der Waals surface area contributed by atoms with E-state index in [1.165, 1.54) is 12.0 Å². The van der Waals surface area contributed by atoms with Crippen molar-refractivity contribution in [2.45, 2.75) is 151 Å². The number of nitrogens with one attached hydrogen (secondary N) is 1. The normalized spacial score (nSPS) is 43.0. The molecule has 7 aliphatic rings. The van der Waals surface area contributed by atoms with Crippen LogP contribution in [0, 0.1) is 73.9 Å². The average molecular weight is 807 g/mol. The maximum atomic E-state index is 15.5. The maximum Gasteiger partial charge on any atom is 0.309 e. The second kappa shape index (κ2) is 13.8. The molecule has 1 aliphatic heterocycles. The summed E-state index contributed by atoms with van der Waals surface area (Å²) < 4.78 is 6.46. The highest BCUT2D eigenvalue weighted by Crippen LogP contribution is 2.78. The van der Waals surface area contributed by atoms with Crippen LogP contribution in [-0.4, -0.2) is 55.5 Å². The fourth-order valence-electron chi connectivity index (χ4n) is 16.4. The number of allylic oxidation sites excluding steroid dienone is 1. The van der Waals surface area contributed by atoms with Crippen LogP contribution in [0.15, 0.2) is 42.7 Å². The SMILES string of the molecule is C=C(C)[C@@H]1CC[C@]2(C(=O)N3CCC[C@H]3c3ncc(-c4ccccn4)[nH]3)CC[C@]3(C)[C@H](CC[C@@H]4[C@@]5(C)CC[C@H](OC(=O)[C@H]6C[C@@H](C(=O)O)C6(C)C)C(C)(C)[C@@H]5CC[C@]43C)[C@@H]12. The molecule has 0 radical (unpaired) electrons. The smallest absolute Gasteiger partial charge is 0.309 e. The molecule has 7 fully saturated rings. The number of carboxylic acid groups (broad SMARTS) is 1. The Kier molecular flexibility index (Phi) is 9.54. The van der Waals surface area contributed by atoms with Gasteiger partial charge < -0.3 is 19.7 Å². The minimum Gasteiger partial charge on any atom is -0.481 e. The molecule has 9 nitrogen and oxygen atoms in total. The third-order valence-corrected chi connectivity index (χ3v) is 19.9. The zero-order valence-electron chi connectivity index (χ0n) is 37.1. The molecule has 0 bridgehead atoms. The number of amides is 1. The van der Waals surface area contributed by atoms with Crippen molar-refractivity contribution in [3.8, 4) is 11.4 Å². The van der Waals surface area contributed by atoms with Gasteiger partial charge in [0.25, 0.3) is 0 Å². The predicted molar refractivity (Wildman–Crippen MR) is 227 cm³/mol. The maximum absolute atomic E-state index is 15.5. The summed E-state index contributed by atoms with van der Waals surface area (Å²) in [6, 6.07) is 5.86. The summed E-state index contributed by atoms with van der Waals surface area (Å²) in [6.45, 7) is 24.0. The van der Waals surface area contributed by atoms with E-state index in [-0.39, 0.29) is 51.1 Å². The van der Waals surface area contributed by atoms with Crippen LogP contribution in [-0.2, 0) is 19.1 Å². The first kappa shape index (κ1) is 40.9. The Bertz CT molecular complexity index is 2020. The van der Waals surface area contributed by atoms with Crippen LogP contribution in [0.5, 0.6) is 0 Å². The van der Waals surface area contributed by atoms with Gasteiger partial charge >= 0.3 is 11.9 Å². The van der Waals surface area contributed by atoms with E-state index in [0.29, 0.717) is 41.9 Å². The highest BCUT2D eigenvalue weighted by molar-refractivity contribution is 5.85. The van der Waals surface area contributed by atoms with Crippen LogP contribution in [0.25, 0.3) is 11.4 Å². The first-order valence-electron chi connectivity index (χ1n) is 23.2. The molecule has 2 aromatic rings. The number of nitrogens with zero attached hydrogens (tertiary/aromatic N) is 3. The number of H-pyrrole nitrogens is 1. The number of esters is 1. The predicted octanol–water partition coefficient (Wildman–Crippen LogP) is 10.5. The van der Waals surface area contributed by atoms with Crippen molar-refractivity contribution < 1.29 is 24.2 Å². The monoisotopic (exact) mass is 807 g/mol. The Morgan fingerprint density at radius 3 is 2.32 bits per heavy atom. The van der Waals surface area contributed by atoms with Crippen LogP contribution in [0.2, 0.25) is 0 Å². The molecule has 9 heteroatoms. The highest BCUT2D eigenvalue weighted by Gasteiger charge is 2.72. The Labute approximate surface area is 352 Å². The van der Waals surface area contributed by atoms with E-state index in [0.717, 1.165) is 94.4 Å². The number of carboxylic acids is 1. The molecule has 59 heavy (non-hydrogen) atoms. The largest absolute Gasteiger partial charge is 0.481 e. The summed E-state index contributed by atoms with van der Waals surface area (Å²) >= 11 is 0. The number of fused-ring (bicyclic) bond motifs is 7. The summed E-state index contributed by atoms with van der Waals surface area (Å²) in [5.41, 5.74) is 2.20. The zero-order valence-corrected chi connectivity index (χ0v) is 37.1. The Morgan fingerprint density at radius 2 is 1.63 bits per heavy atom. The van der Waals surface area contributed by atoms with Crippen LogP contribution >= 0.6 is 0 Å². The second-order valence-electron chi connectivity index (χ2n) is 22.7. The molecular formula is C50H70N4O5. The average Bonchev–Trinajstić information content (AvgIpc) is 3.95. The van der Waals surface area contributed by atoms with E-state index < -0.39 is 17.3 Å². The summed E-state index contributed by atoms with van der Waals surface area (Å²) in [4.78, 5) is 56.2. The van der Waals surface area contributed by atoms with Gasteiger partial charge in [-0.3, -0.25) is 19.4 Å². The first-order valence-corrected chi connectivity index (χ1v) is 23.2. The fourth-order valence-corrected chi connectivity index (χ4v) is 16.4. The molecular weight excluding hydrogens is 737 g/mol. The van der Waals surface area contributed by atoms with Crippen LogP contribution in [0.1, 0.15) is 151 Å². The molecule has 0 unspecified atom stereocenters. The lowest BCUT2D eigenvalue weighted by molar-refractivity contribution is -0.251. The van der Waals surface area contributed by atoms with Crippen LogP contribution in [0.4, 0.5) is 0 Å². The van der Waals surface area contributed by atoms with Gasteiger partial charge in [0.1, 0.15) is 11.9 Å². The van der Waals surface area contributed by atoms with Crippen LogP contribution in [0.3, 0.4) is 0 Å². The zero-order chi connectivity index (χ0) is 42.1. The molecule has 1 saturated heterocycles. The summed E-state index contributed by atoms with van der Waals surface area (Å²) in [5.74, 6) is 1.43. The topological polar surface area (TPSA) is 125 Å². The number of aromatic nitrogens is 3. The quantitative estimate of drug-likeness (QED) is 0.211. The third-order valence-electron chi connectivity index (χ3n) is 19.9. The van der Waals surface area contributed by atoms with Crippen molar-refractivity contribution >= 4 is 17.8 Å². The number of likely N-dealkylation sites (tertiary alicyclic amines) is 1. The van der Waals surface area contributed by atoms with Crippen molar-refractivity contribution in [1.82, 2.24) is 19.9 Å². The lowest BCUT2D eigenvalue weighted by Gasteiger charge is -2.73. The number of hydrogen-bond acceptors (Lipinski definition) is 6. The van der Waals surface area contributed by atoms with Gasteiger partial charge in [-0.15, -0.1) is 0 Å². The summed E-state index contributed by atoms with van der Waals surface area (Å²) in [6.07, 6.45) is 16.3. The van der Waals surface area contributed by atoms with Gasteiger partial charge in [0.15, 0.2) is 0 Å². The lowest BCUT2D eigenvalue weighted by Crippen LogP contribution is -2.67. The van der Waals surface area contributed by atoms with Crippen molar-refractivity contribution in [2.24, 2.45) is 73.9 Å². The molecule has 1 amide bonds. The molecule has 3 heterocycles. The number of aliphatic carboxylic acids is 1. The standard InChI is InChI=1S/C50H70N4O5/c1-29(2)30-17-22-50(44(58)54-26-12-14-36(54)41-52-28-35(53-41)34-13-10-11-25-51-34)24-23-48(8)31(40(30)50)15-16-38-47(7)20-19-39(46(5,6)37(47)18-21-49(38,48)9)59-43(57)33-27-32(42(55)56)45(33,3)4/h10-11,13,25,28,30-33,36-40H,1,12,14-24,26-27H2,2-9H3,(H,52,53)(H,55,56)/t30-,31+,32-,33+,36-,37-,38+,39-,40+,47-,48+,49+,50-/m0/s1. The summed E-state index contributed by atoms with van der Waals surface area (Å²) in [7, 11) is 0. The first-order chi connectivity index (χ1) is 27.8. The molecule has 6 aliphatic carbocycles. The van der Waals surface area contributed by atoms with E-state index in [1.54, 1.807) is 6.20 Å². The van der Waals surface area contributed by atoms with E-state index >= 15 is 4.79 Å². The van der Waals surface area contributed by atoms with Crippen molar-refractivity contribution in [1.29, 1.82) is 0 Å². The second-order valence-corrected chi connectivity index (χ2v) is 22.7. The number of carbonyl (C=O) groups excluding carboxylic acids is 2. The number of aromatic amines is 1. The minimum absolute atomic E-state index is 0.0460. The third kappa shape index (κ3) is 5.69.